The van der Waals surface area contributed by atoms with Crippen molar-refractivity contribution in [3.05, 3.63) is 170 Å². The SMILES string of the molecule is CC1(C)O[C@H]2O[C@H]([C@H](CN[C@H]3[C@H](OC(=O)c4cc([N+](=O)[O-])cc([N+](=O)[O-])c4)[C@@H](OC(=O)c4ccccc4)O[C@@H]4CO[C@H](c5ccccc5)O[C@@H]34)OC(=O)c3cc([N+](=O)[O-])cc([N+](=O)[O-])c3)[C@H](N=[N+]=[N-])[C@H]2O1. The zero-order valence-corrected chi connectivity index (χ0v) is 36.8. The highest BCUT2D eigenvalue weighted by Gasteiger charge is 2.58. The highest BCUT2D eigenvalue weighted by molar-refractivity contribution is 5.92. The first-order valence-electron chi connectivity index (χ1n) is 21.2. The van der Waals surface area contributed by atoms with Gasteiger partial charge in [0, 0.05) is 41.3 Å². The van der Waals surface area contributed by atoms with Crippen LogP contribution in [0.3, 0.4) is 0 Å². The summed E-state index contributed by atoms with van der Waals surface area (Å²) in [6.45, 7) is 2.20. The summed E-state index contributed by atoms with van der Waals surface area (Å²) in [6, 6.07) is 17.3. The molecule has 8 rings (SSSR count). The van der Waals surface area contributed by atoms with E-state index in [2.05, 4.69) is 15.3 Å². The van der Waals surface area contributed by atoms with E-state index in [1.807, 2.05) is 0 Å². The van der Waals surface area contributed by atoms with Crippen LogP contribution in [-0.4, -0.2) is 118 Å². The number of rotatable bonds is 16. The van der Waals surface area contributed by atoms with Gasteiger partial charge in [-0.3, -0.25) is 40.5 Å². The number of benzene rings is 4. The van der Waals surface area contributed by atoms with Gasteiger partial charge in [0.15, 0.2) is 24.5 Å². The van der Waals surface area contributed by atoms with E-state index in [0.29, 0.717) is 17.7 Å². The van der Waals surface area contributed by atoms with Crippen LogP contribution in [0.4, 0.5) is 22.7 Å². The van der Waals surface area contributed by atoms with Crippen LogP contribution in [0.1, 0.15) is 56.8 Å². The Kier molecular flexibility index (Phi) is 14.2. The number of fused-ring (bicyclic) bond motifs is 2. The standard InChI is InChI=1S/C43H38N8O20/c1-43(2)70-36-32(46-47-44)33(68-42(36)71-43)29(64-38(53)23-13-25(48(55)56)17-26(14-23)49(57)58)19-45-31-34-30(20-63-40(67-34)22-11-7-4-8-12-22)65-41(69-37(52)21-9-5-3-6-10-21)35(31)66-39(54)24-15-27(50(59)60)18-28(16-24)51(61)62/h3-18,29-36,40-42,45H,19-20H2,1-2H3/t29-,30+,31+,32-,33+,34+,35-,36+,40-,41+,42+/m0/s1. The Morgan fingerprint density at radius 2 is 1.28 bits per heavy atom. The summed E-state index contributed by atoms with van der Waals surface area (Å²) in [4.78, 5) is 88.4. The molecule has 0 unspecified atom stereocenters. The van der Waals surface area contributed by atoms with E-state index in [9.17, 15) is 60.4 Å². The molecule has 0 radical (unpaired) electrons. The van der Waals surface area contributed by atoms with Gasteiger partial charge >= 0.3 is 17.9 Å². The van der Waals surface area contributed by atoms with Crippen molar-refractivity contribution in [3.8, 4) is 0 Å². The lowest BCUT2D eigenvalue weighted by molar-refractivity contribution is -0.394. The third-order valence-electron chi connectivity index (χ3n) is 11.4. The molecule has 4 saturated heterocycles. The molecule has 0 amide bonds. The van der Waals surface area contributed by atoms with Gasteiger partial charge < -0.3 is 47.9 Å². The lowest BCUT2D eigenvalue weighted by atomic mass is 9.93. The number of ether oxygens (including phenoxy) is 9. The van der Waals surface area contributed by atoms with Crippen LogP contribution in [-0.2, 0) is 42.6 Å². The lowest BCUT2D eigenvalue weighted by Crippen LogP contribution is -2.68. The Morgan fingerprint density at radius 3 is 1.85 bits per heavy atom. The summed E-state index contributed by atoms with van der Waals surface area (Å²) >= 11 is 0. The first-order valence-corrected chi connectivity index (χ1v) is 21.2. The quantitative estimate of drug-likeness (QED) is 0.0284. The molecule has 370 valence electrons. The minimum absolute atomic E-state index is 0.0106. The number of azide groups is 1. The molecule has 4 heterocycles. The average molecular weight is 987 g/mol. The molecule has 0 spiro atoms. The van der Waals surface area contributed by atoms with Crippen molar-refractivity contribution in [3.63, 3.8) is 0 Å². The van der Waals surface area contributed by atoms with E-state index >= 15 is 0 Å². The molecule has 0 bridgehead atoms. The maximum absolute atomic E-state index is 14.2. The number of carbonyl (C=O) groups excluding carboxylic acids is 3. The molecule has 0 saturated carbocycles. The molecule has 0 aromatic heterocycles. The smallest absolute Gasteiger partial charge is 0.340 e. The largest absolute Gasteiger partial charge is 0.455 e. The molecule has 4 fully saturated rings. The number of nitrogens with zero attached hydrogens (tertiary/aromatic N) is 7. The highest BCUT2D eigenvalue weighted by Crippen LogP contribution is 2.42. The van der Waals surface area contributed by atoms with Crippen LogP contribution >= 0.6 is 0 Å². The second-order valence-electron chi connectivity index (χ2n) is 16.5. The van der Waals surface area contributed by atoms with E-state index in [-0.39, 0.29) is 12.2 Å². The molecule has 11 atom stereocenters. The summed E-state index contributed by atoms with van der Waals surface area (Å²) in [6.07, 6.45) is -12.9. The van der Waals surface area contributed by atoms with Crippen molar-refractivity contribution in [2.24, 2.45) is 5.11 Å². The van der Waals surface area contributed by atoms with Crippen LogP contribution in [0.25, 0.3) is 10.4 Å². The lowest BCUT2D eigenvalue weighted by Gasteiger charge is -2.49. The zero-order valence-electron chi connectivity index (χ0n) is 36.8. The molecular weight excluding hydrogens is 949 g/mol. The van der Waals surface area contributed by atoms with Gasteiger partial charge in [-0.1, -0.05) is 53.6 Å². The van der Waals surface area contributed by atoms with Gasteiger partial charge in [0.05, 0.1) is 67.2 Å². The minimum Gasteiger partial charge on any atom is -0.455 e. The maximum Gasteiger partial charge on any atom is 0.340 e. The van der Waals surface area contributed by atoms with Crippen LogP contribution < -0.4 is 5.32 Å². The number of carbonyl (C=O) groups is 3. The highest BCUT2D eigenvalue weighted by atomic mass is 16.8. The third kappa shape index (κ3) is 10.9. The average Bonchev–Trinajstić information content (AvgIpc) is 3.84. The Morgan fingerprint density at radius 1 is 0.732 bits per heavy atom. The van der Waals surface area contributed by atoms with Crippen molar-refractivity contribution < 1.29 is 76.7 Å². The maximum atomic E-state index is 14.2. The molecule has 0 aliphatic carbocycles. The Balaban J connectivity index is 1.22. The Hall–Kier alpha value is -8.08. The fourth-order valence-corrected chi connectivity index (χ4v) is 8.31. The Bertz CT molecular complexity index is 2730. The number of nitrogens with one attached hydrogen (secondary N) is 1. The van der Waals surface area contributed by atoms with Crippen molar-refractivity contribution in [2.75, 3.05) is 13.2 Å². The van der Waals surface area contributed by atoms with Crippen molar-refractivity contribution >= 4 is 40.7 Å². The fourth-order valence-electron chi connectivity index (χ4n) is 8.31. The van der Waals surface area contributed by atoms with E-state index in [1.165, 1.54) is 24.3 Å². The Labute approximate surface area is 397 Å². The molecule has 4 aromatic rings. The fraction of sp³-hybridized carbons (Fsp3) is 0.372. The van der Waals surface area contributed by atoms with E-state index < -0.39 is 151 Å². The number of non-ortho nitro benzene ring substituents is 4. The van der Waals surface area contributed by atoms with Crippen molar-refractivity contribution in [1.82, 2.24) is 5.32 Å². The number of esters is 3. The molecule has 71 heavy (non-hydrogen) atoms. The van der Waals surface area contributed by atoms with Gasteiger partial charge in [-0.2, -0.15) is 0 Å². The molecule has 1 N–H and O–H groups in total. The normalized spacial score (nSPS) is 26.6. The molecular formula is C43H38N8O20. The van der Waals surface area contributed by atoms with Crippen LogP contribution in [0.5, 0.6) is 0 Å². The summed E-state index contributed by atoms with van der Waals surface area (Å²) in [7, 11) is 0. The first-order chi connectivity index (χ1) is 33.9. The van der Waals surface area contributed by atoms with E-state index in [1.54, 1.807) is 50.2 Å². The monoisotopic (exact) mass is 986 g/mol. The van der Waals surface area contributed by atoms with Gasteiger partial charge in [-0.15, -0.1) is 0 Å². The van der Waals surface area contributed by atoms with Gasteiger partial charge in [0.1, 0.15) is 30.5 Å². The number of hydrogen-bond acceptors (Lipinski definition) is 22. The number of nitro benzene ring substituents is 4. The van der Waals surface area contributed by atoms with E-state index in [0.717, 1.165) is 24.3 Å². The van der Waals surface area contributed by atoms with Gasteiger partial charge in [-0.05, 0) is 31.5 Å². The summed E-state index contributed by atoms with van der Waals surface area (Å²) in [5.41, 5.74) is 5.53. The van der Waals surface area contributed by atoms with Crippen LogP contribution in [0.2, 0.25) is 0 Å². The molecule has 4 aliphatic rings. The summed E-state index contributed by atoms with van der Waals surface area (Å²) < 4.78 is 54.5. The second kappa shape index (κ2) is 20.5. The topological polar surface area (TPSA) is 368 Å². The van der Waals surface area contributed by atoms with Crippen LogP contribution in [0, 0.1) is 40.5 Å². The predicted molar refractivity (Wildman–Crippen MR) is 232 cm³/mol. The molecule has 4 aliphatic heterocycles. The molecule has 28 nitrogen and oxygen atoms in total. The molecule has 28 heteroatoms. The zero-order chi connectivity index (χ0) is 50.7. The third-order valence-corrected chi connectivity index (χ3v) is 11.4. The van der Waals surface area contributed by atoms with Gasteiger partial charge in [-0.25, -0.2) is 14.4 Å². The van der Waals surface area contributed by atoms with E-state index in [4.69, 9.17) is 42.6 Å². The number of nitro groups is 4. The predicted octanol–water partition coefficient (Wildman–Crippen LogP) is 5.28. The first kappa shape index (κ1) is 49.3. The summed E-state index contributed by atoms with van der Waals surface area (Å²) in [5.74, 6) is -5.03. The van der Waals surface area contributed by atoms with Gasteiger partial charge in [0.2, 0.25) is 6.29 Å². The molecule has 4 aromatic carbocycles. The number of hydrogen-bond donors (Lipinski definition) is 1. The van der Waals surface area contributed by atoms with Gasteiger partial charge in [0.25, 0.3) is 22.7 Å². The second-order valence-corrected chi connectivity index (χ2v) is 16.5. The van der Waals surface area contributed by atoms with Crippen molar-refractivity contribution in [2.45, 2.75) is 87.2 Å². The van der Waals surface area contributed by atoms with Crippen molar-refractivity contribution in [1.29, 1.82) is 0 Å². The minimum atomic E-state index is -1.90. The van der Waals surface area contributed by atoms with Crippen LogP contribution in [0.15, 0.2) is 102 Å². The summed E-state index contributed by atoms with van der Waals surface area (Å²) in [5, 5.41) is 54.3.